The first-order valence-corrected chi connectivity index (χ1v) is 7.18. The van der Waals surface area contributed by atoms with E-state index >= 15 is 0 Å². The summed E-state index contributed by atoms with van der Waals surface area (Å²) < 4.78 is 39.4. The number of sulfonamides is 1. The fourth-order valence-corrected chi connectivity index (χ4v) is 3.48. The Balaban J connectivity index is 2.33. The lowest BCUT2D eigenvalue weighted by atomic mass is 10.2. The molecule has 0 aliphatic rings. The molecule has 0 bridgehead atoms. The van der Waals surface area contributed by atoms with Crippen LogP contribution in [0.5, 0.6) is 0 Å². The summed E-state index contributed by atoms with van der Waals surface area (Å²) in [5, 5.41) is 1.69. The fraction of sp³-hybridized carbons (Fsp3) is 0.0909. The summed E-state index contributed by atoms with van der Waals surface area (Å²) in [6.07, 6.45) is 0. The van der Waals surface area contributed by atoms with Gasteiger partial charge in [0.05, 0.1) is 5.69 Å². The smallest absolute Gasteiger partial charge is 0.271 e. The number of rotatable bonds is 3. The highest BCUT2D eigenvalue weighted by atomic mass is 32.2. The fourth-order valence-electron chi connectivity index (χ4n) is 1.35. The summed E-state index contributed by atoms with van der Waals surface area (Å²) in [4.78, 5) is 0. The largest absolute Gasteiger partial charge is 0.279 e. The van der Waals surface area contributed by atoms with Gasteiger partial charge in [0.2, 0.25) is 0 Å². The number of aryl methyl sites for hydroxylation is 1. The lowest BCUT2D eigenvalue weighted by Gasteiger charge is -2.08. The maximum Gasteiger partial charge on any atom is 0.271 e. The molecule has 1 N–H and O–H groups in total. The normalized spacial score (nSPS) is 11.4. The molecule has 3 nitrogen and oxygen atoms in total. The van der Waals surface area contributed by atoms with Gasteiger partial charge >= 0.3 is 0 Å². The Bertz CT molecular complexity index is 621. The van der Waals surface area contributed by atoms with Gasteiger partial charge in [-0.2, -0.15) is 0 Å². The summed E-state index contributed by atoms with van der Waals surface area (Å²) in [6, 6.07) is 7.10. The second kappa shape index (κ2) is 4.46. The van der Waals surface area contributed by atoms with E-state index in [9.17, 15) is 12.8 Å². The SMILES string of the molecule is Cc1cc(F)ccc1NS(=O)(=O)c1cccs1. The number of hydrogen-bond acceptors (Lipinski definition) is 3. The van der Waals surface area contributed by atoms with Crippen LogP contribution in [0.1, 0.15) is 5.56 Å². The molecule has 2 rings (SSSR count). The molecule has 0 unspecified atom stereocenters. The zero-order chi connectivity index (χ0) is 12.5. The monoisotopic (exact) mass is 271 g/mol. The van der Waals surface area contributed by atoms with Crippen molar-refractivity contribution in [3.8, 4) is 0 Å². The van der Waals surface area contributed by atoms with Gasteiger partial charge in [0.25, 0.3) is 10.0 Å². The Morgan fingerprint density at radius 1 is 1.29 bits per heavy atom. The molecule has 0 saturated carbocycles. The third kappa shape index (κ3) is 2.65. The van der Waals surface area contributed by atoms with Gasteiger partial charge in [0.15, 0.2) is 0 Å². The zero-order valence-corrected chi connectivity index (χ0v) is 10.6. The van der Waals surface area contributed by atoms with Crippen LogP contribution in [0.4, 0.5) is 10.1 Å². The van der Waals surface area contributed by atoms with Gasteiger partial charge in [-0.1, -0.05) is 6.07 Å². The van der Waals surface area contributed by atoms with Crippen molar-refractivity contribution in [1.29, 1.82) is 0 Å². The molecular formula is C11H10FNO2S2. The van der Waals surface area contributed by atoms with Crippen molar-refractivity contribution in [2.45, 2.75) is 11.1 Å². The van der Waals surface area contributed by atoms with Crippen LogP contribution in [-0.4, -0.2) is 8.42 Å². The van der Waals surface area contributed by atoms with Crippen LogP contribution in [0.15, 0.2) is 39.9 Å². The number of halogens is 1. The van der Waals surface area contributed by atoms with Crippen molar-refractivity contribution in [3.63, 3.8) is 0 Å². The summed E-state index contributed by atoms with van der Waals surface area (Å²) >= 11 is 1.13. The predicted molar refractivity (Wildman–Crippen MR) is 66.3 cm³/mol. The average molecular weight is 271 g/mol. The third-order valence-electron chi connectivity index (χ3n) is 2.19. The average Bonchev–Trinajstić information content (AvgIpc) is 2.76. The van der Waals surface area contributed by atoms with Crippen LogP contribution < -0.4 is 4.72 Å². The van der Waals surface area contributed by atoms with Crippen molar-refractivity contribution < 1.29 is 12.8 Å². The number of nitrogens with one attached hydrogen (secondary N) is 1. The first kappa shape index (κ1) is 12.1. The van der Waals surface area contributed by atoms with Gasteiger partial charge in [0, 0.05) is 0 Å². The highest BCUT2D eigenvalue weighted by molar-refractivity contribution is 7.94. The van der Waals surface area contributed by atoms with E-state index in [2.05, 4.69) is 4.72 Å². The Morgan fingerprint density at radius 3 is 2.65 bits per heavy atom. The lowest BCUT2D eigenvalue weighted by molar-refractivity contribution is 0.602. The van der Waals surface area contributed by atoms with Crippen LogP contribution in [0.3, 0.4) is 0 Å². The first-order valence-electron chi connectivity index (χ1n) is 4.81. The molecule has 0 spiro atoms. The molecule has 2 aromatic rings. The highest BCUT2D eigenvalue weighted by Gasteiger charge is 2.16. The lowest BCUT2D eigenvalue weighted by Crippen LogP contribution is -2.12. The summed E-state index contributed by atoms with van der Waals surface area (Å²) in [5.41, 5.74) is 0.935. The molecule has 1 aromatic heterocycles. The van der Waals surface area contributed by atoms with Crippen molar-refractivity contribution in [1.82, 2.24) is 0 Å². The van der Waals surface area contributed by atoms with E-state index in [1.165, 1.54) is 24.3 Å². The maximum atomic E-state index is 12.9. The molecule has 0 saturated heterocycles. The summed E-state index contributed by atoms with van der Waals surface area (Å²) in [5.74, 6) is -0.387. The molecule has 6 heteroatoms. The Kier molecular flexibility index (Phi) is 3.17. The van der Waals surface area contributed by atoms with Crippen molar-refractivity contribution in [3.05, 3.63) is 47.1 Å². The van der Waals surface area contributed by atoms with Gasteiger partial charge in [-0.05, 0) is 42.1 Å². The molecule has 1 aromatic carbocycles. The molecule has 0 atom stereocenters. The summed E-state index contributed by atoms with van der Waals surface area (Å²) in [7, 11) is -3.56. The Labute approximate surface area is 103 Å². The molecule has 90 valence electrons. The Morgan fingerprint density at radius 2 is 2.06 bits per heavy atom. The minimum absolute atomic E-state index is 0.237. The molecule has 0 fully saturated rings. The third-order valence-corrected chi connectivity index (χ3v) is 4.96. The number of thiophene rings is 1. The number of anilines is 1. The second-order valence-corrected chi connectivity index (χ2v) is 6.35. The topological polar surface area (TPSA) is 46.2 Å². The van der Waals surface area contributed by atoms with E-state index in [0.717, 1.165) is 11.3 Å². The van der Waals surface area contributed by atoms with E-state index in [-0.39, 0.29) is 10.0 Å². The molecule has 1 heterocycles. The van der Waals surface area contributed by atoms with E-state index in [1.54, 1.807) is 18.4 Å². The minimum Gasteiger partial charge on any atom is -0.279 e. The molecule has 17 heavy (non-hydrogen) atoms. The van der Waals surface area contributed by atoms with E-state index in [0.29, 0.717) is 11.3 Å². The van der Waals surface area contributed by atoms with Gasteiger partial charge in [-0.25, -0.2) is 12.8 Å². The zero-order valence-electron chi connectivity index (χ0n) is 8.98. The van der Waals surface area contributed by atoms with Crippen molar-refractivity contribution in [2.75, 3.05) is 4.72 Å². The Hall–Kier alpha value is -1.40. The molecule has 0 aliphatic heterocycles. The molecule has 0 aliphatic carbocycles. The summed E-state index contributed by atoms with van der Waals surface area (Å²) in [6.45, 7) is 1.65. The molecular weight excluding hydrogens is 261 g/mol. The maximum absolute atomic E-state index is 12.9. The van der Waals surface area contributed by atoms with Crippen LogP contribution >= 0.6 is 11.3 Å². The van der Waals surface area contributed by atoms with Gasteiger partial charge in [0.1, 0.15) is 10.0 Å². The van der Waals surface area contributed by atoms with Gasteiger partial charge in [-0.3, -0.25) is 4.72 Å². The van der Waals surface area contributed by atoms with Crippen molar-refractivity contribution >= 4 is 27.0 Å². The van der Waals surface area contributed by atoms with Crippen LogP contribution in [-0.2, 0) is 10.0 Å². The van der Waals surface area contributed by atoms with Crippen molar-refractivity contribution in [2.24, 2.45) is 0 Å². The number of hydrogen-bond donors (Lipinski definition) is 1. The van der Waals surface area contributed by atoms with Gasteiger partial charge < -0.3 is 0 Å². The standard InChI is InChI=1S/C11H10FNO2S2/c1-8-7-9(12)4-5-10(8)13-17(14,15)11-3-2-6-16-11/h2-7,13H,1H3. The van der Waals surface area contributed by atoms with E-state index < -0.39 is 10.0 Å². The molecule has 0 amide bonds. The highest BCUT2D eigenvalue weighted by Crippen LogP contribution is 2.22. The minimum atomic E-state index is -3.56. The predicted octanol–water partition coefficient (Wildman–Crippen LogP) is 3.00. The van der Waals surface area contributed by atoms with Crippen LogP contribution in [0.2, 0.25) is 0 Å². The van der Waals surface area contributed by atoms with Crippen LogP contribution in [0.25, 0.3) is 0 Å². The first-order chi connectivity index (χ1) is 7.99. The van der Waals surface area contributed by atoms with E-state index in [4.69, 9.17) is 0 Å². The second-order valence-electron chi connectivity index (χ2n) is 3.50. The van der Waals surface area contributed by atoms with E-state index in [1.807, 2.05) is 0 Å². The quantitative estimate of drug-likeness (QED) is 0.932. The number of benzene rings is 1. The van der Waals surface area contributed by atoms with Crippen LogP contribution in [0, 0.1) is 12.7 Å². The molecule has 0 radical (unpaired) electrons. The van der Waals surface area contributed by atoms with Gasteiger partial charge in [-0.15, -0.1) is 11.3 Å².